The number of hydrogen-bond donors (Lipinski definition) is 1. The van der Waals surface area contributed by atoms with Crippen LogP contribution in [0.4, 0.5) is 0 Å². The zero-order valence-electron chi connectivity index (χ0n) is 8.54. The molecule has 4 heteroatoms. The van der Waals surface area contributed by atoms with Crippen LogP contribution in [0.3, 0.4) is 0 Å². The SMILES string of the molecule is Cc1cc(Br)cc(C(=O)NC(C)C#N)c1. The van der Waals surface area contributed by atoms with Crippen molar-refractivity contribution in [1.82, 2.24) is 5.32 Å². The highest BCUT2D eigenvalue weighted by Gasteiger charge is 2.09. The quantitative estimate of drug-likeness (QED) is 0.894. The van der Waals surface area contributed by atoms with Gasteiger partial charge in [-0.1, -0.05) is 15.9 Å². The molecule has 0 heterocycles. The van der Waals surface area contributed by atoms with E-state index in [1.165, 1.54) is 0 Å². The largest absolute Gasteiger partial charge is 0.337 e. The van der Waals surface area contributed by atoms with Crippen molar-refractivity contribution < 1.29 is 4.79 Å². The Labute approximate surface area is 97.2 Å². The third-order valence-electron chi connectivity index (χ3n) is 1.85. The summed E-state index contributed by atoms with van der Waals surface area (Å²) in [5, 5.41) is 11.1. The molecule has 0 aliphatic heterocycles. The molecule has 0 aliphatic carbocycles. The van der Waals surface area contributed by atoms with Gasteiger partial charge in [0, 0.05) is 10.0 Å². The normalized spacial score (nSPS) is 11.6. The highest BCUT2D eigenvalue weighted by Crippen LogP contribution is 2.15. The summed E-state index contributed by atoms with van der Waals surface area (Å²) >= 11 is 3.32. The van der Waals surface area contributed by atoms with Gasteiger partial charge >= 0.3 is 0 Å². The van der Waals surface area contributed by atoms with E-state index in [2.05, 4.69) is 21.2 Å². The maximum Gasteiger partial charge on any atom is 0.252 e. The predicted octanol–water partition coefficient (Wildman–Crippen LogP) is 2.40. The van der Waals surface area contributed by atoms with E-state index in [0.29, 0.717) is 5.56 Å². The molecule has 1 atom stereocenters. The van der Waals surface area contributed by atoms with Crippen LogP contribution in [0.5, 0.6) is 0 Å². The first kappa shape index (κ1) is 11.7. The van der Waals surface area contributed by atoms with Crippen molar-refractivity contribution >= 4 is 21.8 Å². The number of rotatable bonds is 2. The van der Waals surface area contributed by atoms with Gasteiger partial charge in [0.15, 0.2) is 0 Å². The van der Waals surface area contributed by atoms with Crippen molar-refractivity contribution in [3.8, 4) is 6.07 Å². The number of nitrogens with zero attached hydrogens (tertiary/aromatic N) is 1. The third-order valence-corrected chi connectivity index (χ3v) is 2.30. The molecule has 1 rings (SSSR count). The molecule has 0 bridgehead atoms. The van der Waals surface area contributed by atoms with Crippen LogP contribution in [0.1, 0.15) is 22.8 Å². The summed E-state index contributed by atoms with van der Waals surface area (Å²) in [6, 6.07) is 6.91. The fraction of sp³-hybridized carbons (Fsp3) is 0.273. The van der Waals surface area contributed by atoms with Crippen LogP contribution in [0, 0.1) is 18.3 Å². The molecule has 1 aromatic carbocycles. The molecule has 1 aromatic rings. The average Bonchev–Trinajstić information content (AvgIpc) is 2.16. The number of nitrogens with one attached hydrogen (secondary N) is 1. The van der Waals surface area contributed by atoms with Crippen LogP contribution in [0.2, 0.25) is 0 Å². The topological polar surface area (TPSA) is 52.9 Å². The molecule has 3 nitrogen and oxygen atoms in total. The van der Waals surface area contributed by atoms with E-state index in [1.54, 1.807) is 19.1 Å². The number of benzene rings is 1. The molecule has 0 saturated carbocycles. The fourth-order valence-corrected chi connectivity index (χ4v) is 1.79. The van der Waals surface area contributed by atoms with Crippen molar-refractivity contribution in [2.24, 2.45) is 0 Å². The lowest BCUT2D eigenvalue weighted by molar-refractivity contribution is 0.0947. The van der Waals surface area contributed by atoms with Crippen molar-refractivity contribution in [2.45, 2.75) is 19.9 Å². The van der Waals surface area contributed by atoms with Gasteiger partial charge in [0.05, 0.1) is 6.07 Å². The standard InChI is InChI=1S/C11H11BrN2O/c1-7-3-9(5-10(12)4-7)11(15)14-8(2)6-13/h3-5,8H,1-2H3,(H,14,15). The Morgan fingerprint density at radius 1 is 1.53 bits per heavy atom. The Hall–Kier alpha value is -1.34. The second-order valence-electron chi connectivity index (χ2n) is 3.34. The van der Waals surface area contributed by atoms with Gasteiger partial charge in [-0.15, -0.1) is 0 Å². The van der Waals surface area contributed by atoms with Gasteiger partial charge < -0.3 is 5.32 Å². The first-order chi connectivity index (χ1) is 7.02. The van der Waals surface area contributed by atoms with Crippen LogP contribution in [0.25, 0.3) is 0 Å². The molecule has 1 amide bonds. The number of amides is 1. The number of halogens is 1. The van der Waals surface area contributed by atoms with Crippen LogP contribution in [-0.2, 0) is 0 Å². The van der Waals surface area contributed by atoms with Gasteiger partial charge in [0.1, 0.15) is 6.04 Å². The maximum atomic E-state index is 11.6. The summed E-state index contributed by atoms with van der Waals surface area (Å²) in [5.74, 6) is -0.228. The fourth-order valence-electron chi connectivity index (χ4n) is 1.18. The molecule has 0 aromatic heterocycles. The number of carbonyl (C=O) groups is 1. The van der Waals surface area contributed by atoms with E-state index in [4.69, 9.17) is 5.26 Å². The lowest BCUT2D eigenvalue weighted by Crippen LogP contribution is -2.31. The lowest BCUT2D eigenvalue weighted by atomic mass is 10.1. The summed E-state index contributed by atoms with van der Waals surface area (Å²) in [4.78, 5) is 11.6. The van der Waals surface area contributed by atoms with Crippen LogP contribution < -0.4 is 5.32 Å². The van der Waals surface area contributed by atoms with Crippen LogP contribution >= 0.6 is 15.9 Å². The minimum atomic E-state index is -0.475. The molecule has 0 saturated heterocycles. The number of hydrogen-bond acceptors (Lipinski definition) is 2. The van der Waals surface area contributed by atoms with Gasteiger partial charge in [-0.25, -0.2) is 0 Å². The first-order valence-electron chi connectivity index (χ1n) is 4.50. The first-order valence-corrected chi connectivity index (χ1v) is 5.30. The molecule has 0 radical (unpaired) electrons. The molecule has 0 spiro atoms. The summed E-state index contributed by atoms with van der Waals surface area (Å²) < 4.78 is 0.859. The molecule has 15 heavy (non-hydrogen) atoms. The molecule has 1 N–H and O–H groups in total. The molecule has 1 unspecified atom stereocenters. The summed E-state index contributed by atoms with van der Waals surface area (Å²) in [7, 11) is 0. The molecule has 78 valence electrons. The number of aryl methyl sites for hydroxylation is 1. The van der Waals surface area contributed by atoms with Gasteiger partial charge in [-0.3, -0.25) is 4.79 Å². The van der Waals surface area contributed by atoms with Crippen molar-refractivity contribution in [3.63, 3.8) is 0 Å². The zero-order valence-corrected chi connectivity index (χ0v) is 10.1. The van der Waals surface area contributed by atoms with E-state index in [1.807, 2.05) is 19.1 Å². The Kier molecular flexibility index (Phi) is 3.87. The van der Waals surface area contributed by atoms with Crippen molar-refractivity contribution in [2.75, 3.05) is 0 Å². The highest BCUT2D eigenvalue weighted by molar-refractivity contribution is 9.10. The Bertz CT molecular complexity index is 403. The average molecular weight is 267 g/mol. The minimum absolute atomic E-state index is 0.228. The van der Waals surface area contributed by atoms with E-state index in [0.717, 1.165) is 10.0 Å². The Balaban J connectivity index is 2.88. The number of nitriles is 1. The second-order valence-corrected chi connectivity index (χ2v) is 4.26. The van der Waals surface area contributed by atoms with Crippen molar-refractivity contribution in [3.05, 3.63) is 33.8 Å². The minimum Gasteiger partial charge on any atom is -0.337 e. The highest BCUT2D eigenvalue weighted by atomic mass is 79.9. The van der Waals surface area contributed by atoms with E-state index in [-0.39, 0.29) is 5.91 Å². The summed E-state index contributed by atoms with van der Waals surface area (Å²) in [6.07, 6.45) is 0. The summed E-state index contributed by atoms with van der Waals surface area (Å²) in [6.45, 7) is 3.55. The van der Waals surface area contributed by atoms with Gasteiger partial charge in [-0.2, -0.15) is 5.26 Å². The number of carbonyl (C=O) groups excluding carboxylic acids is 1. The van der Waals surface area contributed by atoms with Crippen LogP contribution in [0.15, 0.2) is 22.7 Å². The zero-order chi connectivity index (χ0) is 11.4. The van der Waals surface area contributed by atoms with Crippen LogP contribution in [-0.4, -0.2) is 11.9 Å². The Morgan fingerprint density at radius 2 is 2.20 bits per heavy atom. The smallest absolute Gasteiger partial charge is 0.252 e. The van der Waals surface area contributed by atoms with Gasteiger partial charge in [-0.05, 0) is 37.6 Å². The second kappa shape index (κ2) is 4.94. The monoisotopic (exact) mass is 266 g/mol. The summed E-state index contributed by atoms with van der Waals surface area (Å²) in [5.41, 5.74) is 1.56. The van der Waals surface area contributed by atoms with Gasteiger partial charge in [0.2, 0.25) is 0 Å². The van der Waals surface area contributed by atoms with E-state index >= 15 is 0 Å². The maximum absolute atomic E-state index is 11.6. The van der Waals surface area contributed by atoms with E-state index in [9.17, 15) is 4.79 Å². The van der Waals surface area contributed by atoms with Gasteiger partial charge in [0.25, 0.3) is 5.91 Å². The molecular weight excluding hydrogens is 256 g/mol. The third kappa shape index (κ3) is 3.37. The molecule has 0 fully saturated rings. The predicted molar refractivity (Wildman–Crippen MR) is 61.4 cm³/mol. The molecule has 0 aliphatic rings. The Morgan fingerprint density at radius 3 is 2.73 bits per heavy atom. The van der Waals surface area contributed by atoms with E-state index < -0.39 is 6.04 Å². The van der Waals surface area contributed by atoms with Crippen molar-refractivity contribution in [1.29, 1.82) is 5.26 Å². The molecular formula is C11H11BrN2O. The lowest BCUT2D eigenvalue weighted by Gasteiger charge is -2.07.